The molecule has 0 bridgehead atoms. The van der Waals surface area contributed by atoms with Gasteiger partial charge in [-0.2, -0.15) is 0 Å². The Kier molecular flexibility index (Phi) is 7.61. The highest BCUT2D eigenvalue weighted by molar-refractivity contribution is 7.93. The maximum Gasteiger partial charge on any atom is 0.256 e. The van der Waals surface area contributed by atoms with Crippen molar-refractivity contribution in [1.29, 1.82) is 0 Å². The number of carbonyl (C=O) groups is 1. The molecule has 1 fully saturated rings. The molecule has 1 aliphatic heterocycles. The van der Waals surface area contributed by atoms with Crippen LogP contribution in [0.25, 0.3) is 0 Å². The molecule has 2 N–H and O–H groups in total. The van der Waals surface area contributed by atoms with Crippen LogP contribution < -0.4 is 19.7 Å². The van der Waals surface area contributed by atoms with E-state index in [-0.39, 0.29) is 11.3 Å². The summed E-state index contributed by atoms with van der Waals surface area (Å²) in [6.45, 7) is 1.16. The first-order valence-electron chi connectivity index (χ1n) is 11.7. The number of anilines is 1. The van der Waals surface area contributed by atoms with Gasteiger partial charge in [0.2, 0.25) is 0 Å². The number of benzene rings is 3. The number of para-hydroxylation sites is 1. The third kappa shape index (κ3) is 4.94. The van der Waals surface area contributed by atoms with Crippen LogP contribution in [0.15, 0.2) is 78.9 Å². The van der Waals surface area contributed by atoms with Crippen molar-refractivity contribution in [1.82, 2.24) is 10.6 Å². The SMILES string of the molecule is COc1ccccc1C(=O)NC(C1(c2ccccc2)CCNCC1)S(=O)(=O)N(C)c1cccc(F)c1. The summed E-state index contributed by atoms with van der Waals surface area (Å²) in [5.74, 6) is -0.782. The number of nitrogens with zero attached hydrogens (tertiary/aromatic N) is 1. The maximum atomic E-state index is 14.3. The summed E-state index contributed by atoms with van der Waals surface area (Å²) in [6, 6.07) is 21.4. The van der Waals surface area contributed by atoms with Gasteiger partial charge in [-0.05, 0) is 61.8 Å². The van der Waals surface area contributed by atoms with Crippen LogP contribution in [0.2, 0.25) is 0 Å². The Morgan fingerprint density at radius 3 is 2.36 bits per heavy atom. The number of rotatable bonds is 8. The van der Waals surface area contributed by atoms with Crippen LogP contribution >= 0.6 is 0 Å². The van der Waals surface area contributed by atoms with E-state index in [1.165, 1.54) is 32.4 Å². The average molecular weight is 512 g/mol. The Bertz CT molecular complexity index is 1310. The van der Waals surface area contributed by atoms with Crippen LogP contribution in [0, 0.1) is 5.82 Å². The van der Waals surface area contributed by atoms with Crippen molar-refractivity contribution >= 4 is 21.6 Å². The second-order valence-corrected chi connectivity index (χ2v) is 10.9. The number of sulfonamides is 1. The van der Waals surface area contributed by atoms with Crippen LogP contribution in [0.4, 0.5) is 10.1 Å². The summed E-state index contributed by atoms with van der Waals surface area (Å²) >= 11 is 0. The Labute approximate surface area is 211 Å². The Morgan fingerprint density at radius 2 is 1.69 bits per heavy atom. The van der Waals surface area contributed by atoms with Crippen molar-refractivity contribution < 1.29 is 22.3 Å². The van der Waals surface area contributed by atoms with Crippen molar-refractivity contribution in [2.75, 3.05) is 31.6 Å². The highest BCUT2D eigenvalue weighted by Crippen LogP contribution is 2.41. The lowest BCUT2D eigenvalue weighted by molar-refractivity contribution is 0.0922. The highest BCUT2D eigenvalue weighted by atomic mass is 32.2. The molecule has 1 saturated heterocycles. The largest absolute Gasteiger partial charge is 0.496 e. The predicted molar refractivity (Wildman–Crippen MR) is 138 cm³/mol. The molecular weight excluding hydrogens is 481 g/mol. The zero-order valence-corrected chi connectivity index (χ0v) is 21.1. The number of nitrogens with one attached hydrogen (secondary N) is 2. The molecule has 3 aromatic rings. The smallest absolute Gasteiger partial charge is 0.256 e. The fraction of sp³-hybridized carbons (Fsp3) is 0.296. The maximum absolute atomic E-state index is 14.3. The van der Waals surface area contributed by atoms with E-state index >= 15 is 0 Å². The first kappa shape index (κ1) is 25.7. The number of amides is 1. The number of hydrogen-bond acceptors (Lipinski definition) is 5. The van der Waals surface area contributed by atoms with Gasteiger partial charge in [0.05, 0.1) is 18.4 Å². The van der Waals surface area contributed by atoms with Crippen LogP contribution in [0.3, 0.4) is 0 Å². The molecule has 1 heterocycles. The van der Waals surface area contributed by atoms with Crippen molar-refractivity contribution in [3.05, 3.63) is 95.8 Å². The van der Waals surface area contributed by atoms with Gasteiger partial charge in [0.25, 0.3) is 15.9 Å². The van der Waals surface area contributed by atoms with E-state index in [4.69, 9.17) is 4.74 Å². The Balaban J connectivity index is 1.86. The van der Waals surface area contributed by atoms with Crippen molar-refractivity contribution in [2.24, 2.45) is 0 Å². The molecule has 9 heteroatoms. The number of hydrogen-bond donors (Lipinski definition) is 2. The standard InChI is InChI=1S/C27H30FN3O4S/c1-31(22-12-8-11-21(28)19-22)36(33,34)26(30-25(32)23-13-6-7-14-24(23)35-2)27(15-17-29-18-16-27)20-9-4-3-5-10-20/h3-14,19,26,29H,15-18H2,1-2H3,(H,30,32). The molecule has 0 spiro atoms. The molecule has 190 valence electrons. The highest BCUT2D eigenvalue weighted by Gasteiger charge is 2.50. The van der Waals surface area contributed by atoms with Gasteiger partial charge in [-0.1, -0.05) is 48.5 Å². The summed E-state index contributed by atoms with van der Waals surface area (Å²) in [5, 5.41) is 4.82. The molecule has 1 amide bonds. The van der Waals surface area contributed by atoms with E-state index in [1.54, 1.807) is 24.3 Å². The number of carbonyl (C=O) groups excluding carboxylic acids is 1. The minimum Gasteiger partial charge on any atom is -0.496 e. The van der Waals surface area contributed by atoms with Gasteiger partial charge in [0, 0.05) is 12.5 Å². The molecule has 4 rings (SSSR count). The van der Waals surface area contributed by atoms with Gasteiger partial charge in [-0.25, -0.2) is 12.8 Å². The minimum absolute atomic E-state index is 0.170. The molecule has 3 aromatic carbocycles. The molecular formula is C27H30FN3O4S. The lowest BCUT2D eigenvalue weighted by Crippen LogP contribution is -2.61. The van der Waals surface area contributed by atoms with Gasteiger partial charge in [0.15, 0.2) is 5.37 Å². The average Bonchev–Trinajstić information content (AvgIpc) is 2.91. The van der Waals surface area contributed by atoms with E-state index in [0.717, 1.165) is 15.9 Å². The number of halogens is 1. The third-order valence-corrected chi connectivity index (χ3v) is 8.95. The minimum atomic E-state index is -4.23. The second kappa shape index (κ2) is 10.7. The molecule has 0 aromatic heterocycles. The van der Waals surface area contributed by atoms with Crippen molar-refractivity contribution in [3.63, 3.8) is 0 Å². The van der Waals surface area contributed by atoms with Crippen molar-refractivity contribution in [3.8, 4) is 5.75 Å². The second-order valence-electron chi connectivity index (χ2n) is 8.82. The quantitative estimate of drug-likeness (QED) is 0.482. The van der Waals surface area contributed by atoms with Gasteiger partial charge in [-0.15, -0.1) is 0 Å². The fourth-order valence-electron chi connectivity index (χ4n) is 4.85. The van der Waals surface area contributed by atoms with Gasteiger partial charge < -0.3 is 15.4 Å². The lowest BCUT2D eigenvalue weighted by atomic mass is 9.72. The van der Waals surface area contributed by atoms with Crippen LogP contribution in [-0.4, -0.2) is 46.9 Å². The molecule has 0 radical (unpaired) electrons. The number of methoxy groups -OCH3 is 1. The summed E-state index contributed by atoms with van der Waals surface area (Å²) in [7, 11) is -1.40. The monoisotopic (exact) mass is 511 g/mol. The van der Waals surface area contributed by atoms with E-state index in [0.29, 0.717) is 31.7 Å². The lowest BCUT2D eigenvalue weighted by Gasteiger charge is -2.45. The Morgan fingerprint density at radius 1 is 1.03 bits per heavy atom. The van der Waals surface area contributed by atoms with Gasteiger partial charge in [-0.3, -0.25) is 9.10 Å². The van der Waals surface area contributed by atoms with Crippen LogP contribution in [-0.2, 0) is 15.4 Å². The van der Waals surface area contributed by atoms with Gasteiger partial charge in [0.1, 0.15) is 11.6 Å². The summed E-state index contributed by atoms with van der Waals surface area (Å²) < 4.78 is 49.0. The van der Waals surface area contributed by atoms with Gasteiger partial charge >= 0.3 is 0 Å². The van der Waals surface area contributed by atoms with Crippen LogP contribution in [0.5, 0.6) is 5.75 Å². The predicted octanol–water partition coefficient (Wildman–Crippen LogP) is 3.68. The normalized spacial score (nSPS) is 16.1. The van der Waals surface area contributed by atoms with E-state index in [2.05, 4.69) is 10.6 Å². The summed E-state index contributed by atoms with van der Waals surface area (Å²) in [5.41, 5.74) is 0.285. The topological polar surface area (TPSA) is 87.7 Å². The molecule has 1 atom stereocenters. The molecule has 0 saturated carbocycles. The van der Waals surface area contributed by atoms with E-state index in [1.807, 2.05) is 30.3 Å². The van der Waals surface area contributed by atoms with Crippen molar-refractivity contribution in [2.45, 2.75) is 23.6 Å². The fourth-order valence-corrected chi connectivity index (χ4v) is 6.77. The molecule has 0 aliphatic carbocycles. The van der Waals surface area contributed by atoms with Crippen LogP contribution in [0.1, 0.15) is 28.8 Å². The first-order chi connectivity index (χ1) is 17.3. The Hall–Kier alpha value is -3.43. The molecule has 1 aliphatic rings. The zero-order valence-electron chi connectivity index (χ0n) is 20.3. The molecule has 7 nitrogen and oxygen atoms in total. The molecule has 36 heavy (non-hydrogen) atoms. The number of piperidine rings is 1. The summed E-state index contributed by atoms with van der Waals surface area (Å²) in [4.78, 5) is 13.6. The number of ether oxygens (including phenoxy) is 1. The van der Waals surface area contributed by atoms with E-state index < -0.39 is 32.5 Å². The summed E-state index contributed by atoms with van der Waals surface area (Å²) in [6.07, 6.45) is 0.953. The zero-order chi connectivity index (χ0) is 25.8. The van der Waals surface area contributed by atoms with E-state index in [9.17, 15) is 17.6 Å². The first-order valence-corrected chi connectivity index (χ1v) is 13.2. The third-order valence-electron chi connectivity index (χ3n) is 6.81. The molecule has 1 unspecified atom stereocenters.